The van der Waals surface area contributed by atoms with E-state index in [0.29, 0.717) is 6.54 Å². The van der Waals surface area contributed by atoms with Crippen molar-refractivity contribution in [3.8, 4) is 0 Å². The van der Waals surface area contributed by atoms with Crippen molar-refractivity contribution in [3.63, 3.8) is 0 Å². The average molecular weight is 255 g/mol. The molecule has 0 rings (SSSR count). The summed E-state index contributed by atoms with van der Waals surface area (Å²) in [4.78, 5) is 0. The van der Waals surface area contributed by atoms with Crippen LogP contribution in [-0.2, 0) is 4.74 Å². The van der Waals surface area contributed by atoms with Gasteiger partial charge in [-0.3, -0.25) is 0 Å². The predicted molar refractivity (Wildman–Crippen MR) is 63.0 cm³/mol. The van der Waals surface area contributed by atoms with E-state index in [1.54, 1.807) is 0 Å². The zero-order chi connectivity index (χ0) is 13.7. The smallest absolute Gasteiger partial charge is 0.371 e. The third-order valence-corrected chi connectivity index (χ3v) is 2.09. The third kappa shape index (κ3) is 12.0. The Labute approximate surface area is 102 Å². The summed E-state index contributed by atoms with van der Waals surface area (Å²) in [7, 11) is 0. The van der Waals surface area contributed by atoms with Crippen molar-refractivity contribution in [1.82, 2.24) is 5.32 Å². The summed E-state index contributed by atoms with van der Waals surface area (Å²) < 4.78 is 39.9. The molecule has 104 valence electrons. The standard InChI is InChI=1S/C12H24F3NO/c1-10(2,3)8-11(4,5)16-6-7-17-9-12(13,14)15/h16H,6-9H2,1-5H3. The molecule has 0 amide bonds. The molecule has 0 atom stereocenters. The van der Waals surface area contributed by atoms with Gasteiger partial charge in [0.2, 0.25) is 0 Å². The fourth-order valence-corrected chi connectivity index (χ4v) is 2.04. The highest BCUT2D eigenvalue weighted by atomic mass is 19.4. The summed E-state index contributed by atoms with van der Waals surface area (Å²) in [5.41, 5.74) is 0.0865. The third-order valence-electron chi connectivity index (χ3n) is 2.09. The topological polar surface area (TPSA) is 21.3 Å². The second-order valence-electron chi connectivity index (χ2n) is 6.22. The van der Waals surface area contributed by atoms with Crippen LogP contribution in [0, 0.1) is 5.41 Å². The van der Waals surface area contributed by atoms with Crippen LogP contribution in [0.3, 0.4) is 0 Å². The van der Waals surface area contributed by atoms with E-state index >= 15 is 0 Å². The Morgan fingerprint density at radius 1 is 1.00 bits per heavy atom. The predicted octanol–water partition coefficient (Wildman–Crippen LogP) is 3.37. The quantitative estimate of drug-likeness (QED) is 0.735. The van der Waals surface area contributed by atoms with Crippen LogP contribution in [0.1, 0.15) is 41.0 Å². The highest BCUT2D eigenvalue weighted by Crippen LogP contribution is 2.26. The van der Waals surface area contributed by atoms with Crippen molar-refractivity contribution in [2.24, 2.45) is 5.41 Å². The van der Waals surface area contributed by atoms with Crippen LogP contribution < -0.4 is 5.32 Å². The van der Waals surface area contributed by atoms with E-state index in [0.717, 1.165) is 6.42 Å². The van der Waals surface area contributed by atoms with Crippen molar-refractivity contribution in [3.05, 3.63) is 0 Å². The molecule has 0 aromatic carbocycles. The summed E-state index contributed by atoms with van der Waals surface area (Å²) in [6, 6.07) is 0. The van der Waals surface area contributed by atoms with Crippen LogP contribution in [0.25, 0.3) is 0 Å². The molecule has 0 aliphatic heterocycles. The molecule has 0 spiro atoms. The Morgan fingerprint density at radius 2 is 1.53 bits per heavy atom. The van der Waals surface area contributed by atoms with Gasteiger partial charge in [-0.25, -0.2) is 0 Å². The highest BCUT2D eigenvalue weighted by Gasteiger charge is 2.28. The molecular formula is C12H24F3NO. The van der Waals surface area contributed by atoms with Gasteiger partial charge >= 0.3 is 6.18 Å². The van der Waals surface area contributed by atoms with E-state index in [-0.39, 0.29) is 17.6 Å². The van der Waals surface area contributed by atoms with Crippen LogP contribution in [-0.4, -0.2) is 31.5 Å². The minimum absolute atomic E-state index is 0.0765. The first kappa shape index (κ1) is 16.7. The van der Waals surface area contributed by atoms with Crippen molar-refractivity contribution in [2.45, 2.75) is 52.8 Å². The van der Waals surface area contributed by atoms with E-state index in [2.05, 4.69) is 30.8 Å². The number of rotatable bonds is 6. The molecule has 2 nitrogen and oxygen atoms in total. The fourth-order valence-electron chi connectivity index (χ4n) is 2.04. The van der Waals surface area contributed by atoms with Crippen molar-refractivity contribution < 1.29 is 17.9 Å². The van der Waals surface area contributed by atoms with Crippen LogP contribution in [0.4, 0.5) is 13.2 Å². The summed E-state index contributed by atoms with van der Waals surface area (Å²) in [6.07, 6.45) is -3.29. The van der Waals surface area contributed by atoms with Gasteiger partial charge in [0, 0.05) is 12.1 Å². The van der Waals surface area contributed by atoms with Crippen LogP contribution in [0.15, 0.2) is 0 Å². The molecule has 0 radical (unpaired) electrons. The molecule has 0 aromatic rings. The van der Waals surface area contributed by atoms with Crippen molar-refractivity contribution in [1.29, 1.82) is 0 Å². The molecule has 0 fully saturated rings. The molecule has 5 heteroatoms. The van der Waals surface area contributed by atoms with Gasteiger partial charge < -0.3 is 10.1 Å². The molecule has 17 heavy (non-hydrogen) atoms. The number of alkyl halides is 3. The Kier molecular flexibility index (Phi) is 5.94. The number of hydrogen-bond acceptors (Lipinski definition) is 2. The molecule has 1 N–H and O–H groups in total. The average Bonchev–Trinajstić information content (AvgIpc) is 1.95. The molecular weight excluding hydrogens is 231 g/mol. The van der Waals surface area contributed by atoms with E-state index in [1.807, 2.05) is 13.8 Å². The maximum atomic E-state index is 11.8. The Bertz CT molecular complexity index is 219. The van der Waals surface area contributed by atoms with Gasteiger partial charge in [-0.1, -0.05) is 20.8 Å². The van der Waals surface area contributed by atoms with E-state index in [4.69, 9.17) is 0 Å². The molecule has 0 saturated carbocycles. The molecule has 0 bridgehead atoms. The lowest BCUT2D eigenvalue weighted by atomic mass is 9.82. The van der Waals surface area contributed by atoms with Crippen LogP contribution >= 0.6 is 0 Å². The second-order valence-corrected chi connectivity index (χ2v) is 6.22. The van der Waals surface area contributed by atoms with E-state index < -0.39 is 12.8 Å². The van der Waals surface area contributed by atoms with Gasteiger partial charge in [0.1, 0.15) is 6.61 Å². The number of hydrogen-bond donors (Lipinski definition) is 1. The lowest BCUT2D eigenvalue weighted by molar-refractivity contribution is -0.173. The first-order valence-electron chi connectivity index (χ1n) is 5.81. The Morgan fingerprint density at radius 3 is 1.94 bits per heavy atom. The van der Waals surface area contributed by atoms with Gasteiger partial charge in [-0.15, -0.1) is 0 Å². The second kappa shape index (κ2) is 6.05. The molecule has 0 aliphatic carbocycles. The molecule has 0 unspecified atom stereocenters. The summed E-state index contributed by atoms with van der Waals surface area (Å²) >= 11 is 0. The Hall–Kier alpha value is -0.290. The van der Waals surface area contributed by atoms with Crippen LogP contribution in [0.2, 0.25) is 0 Å². The molecule has 0 saturated heterocycles. The SMILES string of the molecule is CC(C)(C)CC(C)(C)NCCOCC(F)(F)F. The largest absolute Gasteiger partial charge is 0.411 e. The zero-order valence-corrected chi connectivity index (χ0v) is 11.4. The summed E-state index contributed by atoms with van der Waals surface area (Å²) in [5.74, 6) is 0. The molecule has 0 aliphatic rings. The van der Waals surface area contributed by atoms with Gasteiger partial charge in [0.05, 0.1) is 6.61 Å². The minimum atomic E-state index is -4.24. The maximum absolute atomic E-state index is 11.8. The fraction of sp³-hybridized carbons (Fsp3) is 1.00. The number of halogens is 3. The number of nitrogens with one attached hydrogen (secondary N) is 1. The monoisotopic (exact) mass is 255 g/mol. The highest BCUT2D eigenvalue weighted by molar-refractivity contribution is 4.82. The Balaban J connectivity index is 3.74. The lowest BCUT2D eigenvalue weighted by Crippen LogP contribution is -2.44. The van der Waals surface area contributed by atoms with Gasteiger partial charge in [-0.05, 0) is 25.7 Å². The van der Waals surface area contributed by atoms with Gasteiger partial charge in [0.25, 0.3) is 0 Å². The maximum Gasteiger partial charge on any atom is 0.411 e. The van der Waals surface area contributed by atoms with Crippen molar-refractivity contribution >= 4 is 0 Å². The van der Waals surface area contributed by atoms with E-state index in [9.17, 15) is 13.2 Å². The number of ether oxygens (including phenoxy) is 1. The normalized spacial score (nSPS) is 14.1. The summed E-state index contributed by atoms with van der Waals surface area (Å²) in [6.45, 7) is 9.83. The summed E-state index contributed by atoms with van der Waals surface area (Å²) in [5, 5.41) is 3.21. The van der Waals surface area contributed by atoms with E-state index in [1.165, 1.54) is 0 Å². The zero-order valence-electron chi connectivity index (χ0n) is 11.4. The first-order chi connectivity index (χ1) is 7.41. The minimum Gasteiger partial charge on any atom is -0.371 e. The van der Waals surface area contributed by atoms with Crippen molar-refractivity contribution in [2.75, 3.05) is 19.8 Å². The molecule has 0 aromatic heterocycles. The lowest BCUT2D eigenvalue weighted by Gasteiger charge is -2.33. The van der Waals surface area contributed by atoms with Gasteiger partial charge in [-0.2, -0.15) is 13.2 Å². The first-order valence-corrected chi connectivity index (χ1v) is 5.81. The van der Waals surface area contributed by atoms with Crippen LogP contribution in [0.5, 0.6) is 0 Å². The molecule has 0 heterocycles. The van der Waals surface area contributed by atoms with Gasteiger partial charge in [0.15, 0.2) is 0 Å².